The highest BCUT2D eigenvalue weighted by atomic mass is 35.5. The molecule has 0 N–H and O–H groups in total. The summed E-state index contributed by atoms with van der Waals surface area (Å²) in [4.78, 5) is 0. The molecule has 0 spiro atoms. The molecule has 0 aromatic carbocycles. The van der Waals surface area contributed by atoms with Gasteiger partial charge in [-0.2, -0.15) is 5.10 Å². The molecule has 2 heterocycles. The standard InChI is InChI=1S/C9H11ClN4OS/c1-6(2)14-5-7(4-11-14)15-9-13-12-8(3-10)16-9/h4-6H,3H2,1-2H3. The Bertz CT molecular complexity index is 468. The smallest absolute Gasteiger partial charge is 0.299 e. The van der Waals surface area contributed by atoms with Crippen molar-refractivity contribution in [3.05, 3.63) is 17.4 Å². The molecule has 0 unspecified atom stereocenters. The quantitative estimate of drug-likeness (QED) is 0.792. The fourth-order valence-electron chi connectivity index (χ4n) is 1.09. The van der Waals surface area contributed by atoms with E-state index < -0.39 is 0 Å². The monoisotopic (exact) mass is 258 g/mol. The third-order valence-corrected chi connectivity index (χ3v) is 3.09. The summed E-state index contributed by atoms with van der Waals surface area (Å²) in [5, 5.41) is 13.1. The molecule has 0 fully saturated rings. The number of ether oxygens (including phenoxy) is 1. The van der Waals surface area contributed by atoms with Gasteiger partial charge in [0.05, 0.1) is 18.3 Å². The van der Waals surface area contributed by atoms with Gasteiger partial charge in [0.25, 0.3) is 5.19 Å². The van der Waals surface area contributed by atoms with E-state index in [-0.39, 0.29) is 0 Å². The van der Waals surface area contributed by atoms with Crippen LogP contribution in [0.3, 0.4) is 0 Å². The lowest BCUT2D eigenvalue weighted by atomic mass is 10.4. The molecule has 16 heavy (non-hydrogen) atoms. The molecule has 0 radical (unpaired) electrons. The lowest BCUT2D eigenvalue weighted by Gasteiger charge is -2.02. The van der Waals surface area contributed by atoms with Gasteiger partial charge in [0, 0.05) is 6.04 Å². The van der Waals surface area contributed by atoms with Gasteiger partial charge in [-0.15, -0.1) is 16.7 Å². The van der Waals surface area contributed by atoms with Crippen molar-refractivity contribution in [1.82, 2.24) is 20.0 Å². The van der Waals surface area contributed by atoms with Crippen LogP contribution >= 0.6 is 22.9 Å². The van der Waals surface area contributed by atoms with E-state index in [1.54, 1.807) is 6.20 Å². The number of halogens is 1. The Morgan fingerprint density at radius 3 is 2.88 bits per heavy atom. The van der Waals surface area contributed by atoms with Crippen LogP contribution in [0, 0.1) is 0 Å². The number of hydrogen-bond acceptors (Lipinski definition) is 5. The third kappa shape index (κ3) is 2.51. The molecule has 0 aliphatic carbocycles. The molecule has 5 nitrogen and oxygen atoms in total. The molecule has 0 aliphatic rings. The molecule has 0 saturated heterocycles. The topological polar surface area (TPSA) is 52.8 Å². The first-order valence-corrected chi connectivity index (χ1v) is 6.14. The van der Waals surface area contributed by atoms with Crippen molar-refractivity contribution in [3.8, 4) is 10.9 Å². The second kappa shape index (κ2) is 4.80. The van der Waals surface area contributed by atoms with Gasteiger partial charge in [-0.3, -0.25) is 4.68 Å². The molecule has 2 rings (SSSR count). The molecule has 7 heteroatoms. The van der Waals surface area contributed by atoms with Crippen LogP contribution in [0.4, 0.5) is 0 Å². The number of hydrogen-bond donors (Lipinski definition) is 0. The fraction of sp³-hybridized carbons (Fsp3) is 0.444. The average molecular weight is 259 g/mol. The van der Waals surface area contributed by atoms with Gasteiger partial charge >= 0.3 is 0 Å². The van der Waals surface area contributed by atoms with Crippen molar-refractivity contribution in [2.75, 3.05) is 0 Å². The maximum atomic E-state index is 5.62. The van der Waals surface area contributed by atoms with Gasteiger partial charge in [0.15, 0.2) is 5.75 Å². The SMILES string of the molecule is CC(C)n1cc(Oc2nnc(CCl)s2)cn1. The van der Waals surface area contributed by atoms with Gasteiger partial charge < -0.3 is 4.74 Å². The van der Waals surface area contributed by atoms with E-state index in [1.165, 1.54) is 11.3 Å². The summed E-state index contributed by atoms with van der Waals surface area (Å²) in [6.07, 6.45) is 3.48. The van der Waals surface area contributed by atoms with Crippen molar-refractivity contribution in [2.45, 2.75) is 25.8 Å². The molecule has 2 aromatic heterocycles. The van der Waals surface area contributed by atoms with E-state index >= 15 is 0 Å². The Morgan fingerprint density at radius 2 is 2.31 bits per heavy atom. The summed E-state index contributed by atoms with van der Waals surface area (Å²) >= 11 is 6.96. The average Bonchev–Trinajstić information content (AvgIpc) is 2.87. The van der Waals surface area contributed by atoms with Gasteiger partial charge in [-0.25, -0.2) is 0 Å². The molecular formula is C9H11ClN4OS. The Kier molecular flexibility index (Phi) is 3.40. The van der Waals surface area contributed by atoms with Gasteiger partial charge in [0.2, 0.25) is 0 Å². The van der Waals surface area contributed by atoms with Crippen LogP contribution in [0.5, 0.6) is 10.9 Å². The largest absolute Gasteiger partial charge is 0.426 e. The van der Waals surface area contributed by atoms with E-state index in [0.29, 0.717) is 22.9 Å². The maximum absolute atomic E-state index is 5.62. The normalized spacial score (nSPS) is 11.0. The summed E-state index contributed by atoms with van der Waals surface area (Å²) in [5.74, 6) is 1.01. The predicted molar refractivity (Wildman–Crippen MR) is 62.2 cm³/mol. The molecule has 0 atom stereocenters. The highest BCUT2D eigenvalue weighted by Crippen LogP contribution is 2.25. The zero-order valence-electron chi connectivity index (χ0n) is 8.92. The minimum absolute atomic E-state index is 0.310. The van der Waals surface area contributed by atoms with E-state index in [9.17, 15) is 0 Å². The van der Waals surface area contributed by atoms with E-state index in [2.05, 4.69) is 15.3 Å². The molecule has 0 bridgehead atoms. The summed E-state index contributed by atoms with van der Waals surface area (Å²) < 4.78 is 7.31. The number of aromatic nitrogens is 4. The molecule has 0 saturated carbocycles. The number of nitrogens with zero attached hydrogens (tertiary/aromatic N) is 4. The third-order valence-electron chi connectivity index (χ3n) is 1.87. The second-order valence-corrected chi connectivity index (χ2v) is 4.74. The van der Waals surface area contributed by atoms with Crippen LogP contribution in [0.25, 0.3) is 0 Å². The number of rotatable bonds is 4. The lowest BCUT2D eigenvalue weighted by Crippen LogP contribution is -1.99. The first-order chi connectivity index (χ1) is 7.69. The summed E-state index contributed by atoms with van der Waals surface area (Å²) in [7, 11) is 0. The van der Waals surface area contributed by atoms with Crippen LogP contribution in [-0.2, 0) is 5.88 Å². The minimum Gasteiger partial charge on any atom is -0.426 e. The maximum Gasteiger partial charge on any atom is 0.299 e. The van der Waals surface area contributed by atoms with Crippen molar-refractivity contribution < 1.29 is 4.74 Å². The van der Waals surface area contributed by atoms with Gasteiger partial charge in [0.1, 0.15) is 5.01 Å². The Hall–Kier alpha value is -1.14. The molecule has 86 valence electrons. The van der Waals surface area contributed by atoms with Crippen LogP contribution < -0.4 is 4.74 Å². The predicted octanol–water partition coefficient (Wildman–Crippen LogP) is 2.85. The lowest BCUT2D eigenvalue weighted by molar-refractivity contribution is 0.468. The van der Waals surface area contributed by atoms with Crippen LogP contribution in [0.2, 0.25) is 0 Å². The molecular weight excluding hydrogens is 248 g/mol. The highest BCUT2D eigenvalue weighted by molar-refractivity contribution is 7.13. The van der Waals surface area contributed by atoms with E-state index in [1.807, 2.05) is 24.7 Å². The molecule has 2 aromatic rings. The summed E-state index contributed by atoms with van der Waals surface area (Å²) in [5.41, 5.74) is 0. The fourth-order valence-corrected chi connectivity index (χ4v) is 1.86. The van der Waals surface area contributed by atoms with Gasteiger partial charge in [-0.05, 0) is 13.8 Å². The van der Waals surface area contributed by atoms with Crippen molar-refractivity contribution >= 4 is 22.9 Å². The minimum atomic E-state index is 0.310. The summed E-state index contributed by atoms with van der Waals surface area (Å²) in [6.45, 7) is 4.10. The number of alkyl halides is 1. The summed E-state index contributed by atoms with van der Waals surface area (Å²) in [6, 6.07) is 0.310. The first kappa shape index (κ1) is 11.3. The van der Waals surface area contributed by atoms with E-state index in [4.69, 9.17) is 16.3 Å². The van der Waals surface area contributed by atoms with E-state index in [0.717, 1.165) is 5.01 Å². The highest BCUT2D eigenvalue weighted by Gasteiger charge is 2.08. The van der Waals surface area contributed by atoms with Crippen LogP contribution in [-0.4, -0.2) is 20.0 Å². The first-order valence-electron chi connectivity index (χ1n) is 4.79. The van der Waals surface area contributed by atoms with Crippen molar-refractivity contribution in [1.29, 1.82) is 0 Å². The van der Waals surface area contributed by atoms with Crippen LogP contribution in [0.15, 0.2) is 12.4 Å². The van der Waals surface area contributed by atoms with Crippen molar-refractivity contribution in [2.24, 2.45) is 0 Å². The van der Waals surface area contributed by atoms with Crippen molar-refractivity contribution in [3.63, 3.8) is 0 Å². The second-order valence-electron chi connectivity index (χ2n) is 3.45. The Labute approximate surface area is 102 Å². The van der Waals surface area contributed by atoms with Gasteiger partial charge in [-0.1, -0.05) is 16.4 Å². The molecule has 0 amide bonds. The Balaban J connectivity index is 2.08. The zero-order valence-corrected chi connectivity index (χ0v) is 10.5. The van der Waals surface area contributed by atoms with Crippen LogP contribution in [0.1, 0.15) is 24.9 Å². The zero-order chi connectivity index (χ0) is 11.5. The Morgan fingerprint density at radius 1 is 1.50 bits per heavy atom. The molecule has 0 aliphatic heterocycles.